The Kier molecular flexibility index (Phi) is 4.28. The molecule has 2 N–H and O–H groups in total. The second-order valence-corrected chi connectivity index (χ2v) is 5.97. The van der Waals surface area contributed by atoms with E-state index in [4.69, 9.17) is 5.73 Å². The van der Waals surface area contributed by atoms with Crippen molar-refractivity contribution >= 4 is 15.7 Å². The smallest absolute Gasteiger partial charge is 0.246 e. The van der Waals surface area contributed by atoms with Crippen LogP contribution in [0.25, 0.3) is 0 Å². The molecule has 1 rings (SSSR count). The van der Waals surface area contributed by atoms with Crippen LogP contribution in [0.5, 0.6) is 0 Å². The van der Waals surface area contributed by atoms with Gasteiger partial charge in [0.05, 0.1) is 5.69 Å². The van der Waals surface area contributed by atoms with Gasteiger partial charge < -0.3 is 5.73 Å². The molecule has 0 aliphatic heterocycles. The predicted molar refractivity (Wildman–Crippen MR) is 65.5 cm³/mol. The molecule has 0 radical (unpaired) electrons. The van der Waals surface area contributed by atoms with Gasteiger partial charge in [0, 0.05) is 18.7 Å². The Hall–Kier alpha value is -1.21. The summed E-state index contributed by atoms with van der Waals surface area (Å²) in [6.07, 6.45) is 0. The molecule has 0 bridgehead atoms. The number of nitrogens with two attached hydrogens (primary N) is 1. The van der Waals surface area contributed by atoms with Gasteiger partial charge in [-0.2, -0.15) is 4.31 Å². The number of hydrogen-bond donors (Lipinski definition) is 1. The van der Waals surface area contributed by atoms with E-state index in [-0.39, 0.29) is 12.6 Å². The lowest BCUT2D eigenvalue weighted by Gasteiger charge is -2.24. The molecule has 102 valence electrons. The second kappa shape index (κ2) is 5.19. The Morgan fingerprint density at radius 1 is 1.28 bits per heavy atom. The van der Waals surface area contributed by atoms with Crippen LogP contribution in [0.15, 0.2) is 17.0 Å². The first-order chi connectivity index (χ1) is 8.21. The molecule has 18 heavy (non-hydrogen) atoms. The maximum absolute atomic E-state index is 13.6. The molecule has 4 nitrogen and oxygen atoms in total. The molecule has 0 saturated heterocycles. The summed E-state index contributed by atoms with van der Waals surface area (Å²) in [6.45, 7) is 5.18. The van der Waals surface area contributed by atoms with Crippen LogP contribution >= 0.6 is 0 Å². The van der Waals surface area contributed by atoms with E-state index in [0.717, 1.165) is 10.4 Å². The summed E-state index contributed by atoms with van der Waals surface area (Å²) in [5.74, 6) is -2.11. The first kappa shape index (κ1) is 14.8. The number of nitrogens with zero attached hydrogens (tertiary/aromatic N) is 1. The molecule has 0 aliphatic rings. The minimum Gasteiger partial charge on any atom is -0.396 e. The monoisotopic (exact) mass is 278 g/mol. The van der Waals surface area contributed by atoms with Crippen LogP contribution in [-0.4, -0.2) is 25.3 Å². The molecule has 0 aromatic heterocycles. The molecule has 0 saturated carbocycles. The van der Waals surface area contributed by atoms with Crippen LogP contribution in [-0.2, 0) is 10.0 Å². The van der Waals surface area contributed by atoms with Gasteiger partial charge in [0.25, 0.3) is 0 Å². The van der Waals surface area contributed by atoms with Crippen LogP contribution < -0.4 is 5.73 Å². The Bertz CT molecular complexity index is 544. The van der Waals surface area contributed by atoms with Gasteiger partial charge in [-0.3, -0.25) is 0 Å². The Morgan fingerprint density at radius 3 is 2.28 bits per heavy atom. The Morgan fingerprint density at radius 2 is 1.83 bits per heavy atom. The zero-order valence-electron chi connectivity index (χ0n) is 10.4. The zero-order chi connectivity index (χ0) is 14.1. The molecule has 0 heterocycles. The van der Waals surface area contributed by atoms with Crippen molar-refractivity contribution < 1.29 is 17.2 Å². The number of hydrogen-bond acceptors (Lipinski definition) is 3. The van der Waals surface area contributed by atoms with Crippen LogP contribution in [0.4, 0.5) is 14.5 Å². The molecule has 0 atom stereocenters. The van der Waals surface area contributed by atoms with Crippen molar-refractivity contribution in [3.05, 3.63) is 23.8 Å². The van der Waals surface area contributed by atoms with Crippen molar-refractivity contribution in [3.63, 3.8) is 0 Å². The fraction of sp³-hybridized carbons (Fsp3) is 0.455. The lowest BCUT2D eigenvalue weighted by atomic mass is 10.3. The van der Waals surface area contributed by atoms with Gasteiger partial charge in [-0.1, -0.05) is 6.92 Å². The third-order valence-corrected chi connectivity index (χ3v) is 4.69. The highest BCUT2D eigenvalue weighted by Crippen LogP contribution is 2.25. The molecule has 0 aliphatic carbocycles. The van der Waals surface area contributed by atoms with Gasteiger partial charge in [0.2, 0.25) is 10.0 Å². The lowest BCUT2D eigenvalue weighted by molar-refractivity contribution is 0.366. The van der Waals surface area contributed by atoms with E-state index >= 15 is 0 Å². The van der Waals surface area contributed by atoms with Crippen LogP contribution in [0.1, 0.15) is 20.8 Å². The molecular weight excluding hydrogens is 262 g/mol. The van der Waals surface area contributed by atoms with Gasteiger partial charge in [-0.05, 0) is 19.9 Å². The van der Waals surface area contributed by atoms with E-state index in [9.17, 15) is 17.2 Å². The summed E-state index contributed by atoms with van der Waals surface area (Å²) >= 11 is 0. The van der Waals surface area contributed by atoms with Crippen molar-refractivity contribution in [2.75, 3.05) is 12.3 Å². The number of nitrogen functional groups attached to an aromatic ring is 1. The quantitative estimate of drug-likeness (QED) is 0.856. The lowest BCUT2D eigenvalue weighted by Crippen LogP contribution is -2.37. The molecule has 0 amide bonds. The minimum absolute atomic E-state index is 0.191. The third kappa shape index (κ3) is 2.62. The number of sulfonamides is 1. The third-order valence-electron chi connectivity index (χ3n) is 2.53. The topological polar surface area (TPSA) is 63.4 Å². The van der Waals surface area contributed by atoms with Crippen molar-refractivity contribution in [1.82, 2.24) is 4.31 Å². The second-order valence-electron chi connectivity index (χ2n) is 4.11. The molecule has 0 spiro atoms. The fourth-order valence-corrected chi connectivity index (χ4v) is 3.41. The van der Waals surface area contributed by atoms with E-state index in [1.807, 2.05) is 0 Å². The average molecular weight is 278 g/mol. The molecule has 1 aromatic carbocycles. The fourth-order valence-electron chi connectivity index (χ4n) is 1.68. The number of rotatable bonds is 4. The zero-order valence-corrected chi connectivity index (χ0v) is 11.3. The Labute approximate surface area is 105 Å². The predicted octanol–water partition coefficient (Wildman–Crippen LogP) is 1.97. The maximum Gasteiger partial charge on any atom is 0.246 e. The normalized spacial score (nSPS) is 12.4. The molecular formula is C11H16F2N2O2S. The number of benzene rings is 1. The van der Waals surface area contributed by atoms with Gasteiger partial charge in [-0.15, -0.1) is 0 Å². The average Bonchev–Trinajstić information content (AvgIpc) is 2.23. The molecule has 0 fully saturated rings. The maximum atomic E-state index is 13.6. The summed E-state index contributed by atoms with van der Waals surface area (Å²) in [6, 6.07) is 0.965. The van der Waals surface area contributed by atoms with Crippen molar-refractivity contribution in [2.24, 2.45) is 0 Å². The van der Waals surface area contributed by atoms with Gasteiger partial charge in [0.1, 0.15) is 16.5 Å². The van der Waals surface area contributed by atoms with Gasteiger partial charge in [0.15, 0.2) is 0 Å². The van der Waals surface area contributed by atoms with E-state index in [0.29, 0.717) is 6.07 Å². The first-order valence-electron chi connectivity index (χ1n) is 5.48. The first-order valence-corrected chi connectivity index (χ1v) is 6.92. The van der Waals surface area contributed by atoms with Gasteiger partial charge >= 0.3 is 0 Å². The minimum atomic E-state index is -4.01. The van der Waals surface area contributed by atoms with Gasteiger partial charge in [-0.25, -0.2) is 17.2 Å². The van der Waals surface area contributed by atoms with E-state index < -0.39 is 32.2 Å². The van der Waals surface area contributed by atoms with Crippen molar-refractivity contribution in [2.45, 2.75) is 31.7 Å². The summed E-state index contributed by atoms with van der Waals surface area (Å²) < 4.78 is 52.1. The highest BCUT2D eigenvalue weighted by molar-refractivity contribution is 7.89. The SMILES string of the molecule is CCN(C(C)C)S(=O)(=O)c1cc(N)c(F)cc1F. The van der Waals surface area contributed by atoms with Crippen LogP contribution in [0.2, 0.25) is 0 Å². The van der Waals surface area contributed by atoms with E-state index in [1.165, 1.54) is 0 Å². The summed E-state index contributed by atoms with van der Waals surface area (Å²) in [5, 5.41) is 0. The number of anilines is 1. The summed E-state index contributed by atoms with van der Waals surface area (Å²) in [4.78, 5) is -0.600. The number of halogens is 2. The van der Waals surface area contributed by atoms with E-state index in [1.54, 1.807) is 20.8 Å². The Balaban J connectivity index is 3.41. The van der Waals surface area contributed by atoms with E-state index in [2.05, 4.69) is 0 Å². The standard InChI is InChI=1S/C11H16F2N2O2S/c1-4-15(7(2)3)18(16,17)11-6-10(14)8(12)5-9(11)13/h5-7H,4,14H2,1-3H3. The summed E-state index contributed by atoms with van der Waals surface area (Å²) in [7, 11) is -4.01. The largest absolute Gasteiger partial charge is 0.396 e. The van der Waals surface area contributed by atoms with Crippen LogP contribution in [0.3, 0.4) is 0 Å². The van der Waals surface area contributed by atoms with Crippen molar-refractivity contribution in [3.8, 4) is 0 Å². The van der Waals surface area contributed by atoms with Crippen molar-refractivity contribution in [1.29, 1.82) is 0 Å². The molecule has 1 aromatic rings. The summed E-state index contributed by atoms with van der Waals surface area (Å²) in [5.41, 5.74) is 4.89. The highest BCUT2D eigenvalue weighted by Gasteiger charge is 2.29. The molecule has 0 unspecified atom stereocenters. The van der Waals surface area contributed by atoms with Crippen LogP contribution in [0, 0.1) is 11.6 Å². The molecule has 7 heteroatoms. The highest BCUT2D eigenvalue weighted by atomic mass is 32.2.